The van der Waals surface area contributed by atoms with E-state index in [1.807, 2.05) is 0 Å². The highest BCUT2D eigenvalue weighted by atomic mass is 19.4. The predicted molar refractivity (Wildman–Crippen MR) is 70.7 cm³/mol. The molecule has 0 saturated heterocycles. The third kappa shape index (κ3) is 4.25. The molecule has 8 heteroatoms. The standard InChI is InChI=1S/C13H16F3N5/c1-9(2)7-17-8-10-3-4-12(19-18-10)21-6-5-11(20-21)13(14,15)16/h3-6,9,17H,7-8H2,1-2H3. The van der Waals surface area contributed by atoms with Crippen molar-refractivity contribution in [2.45, 2.75) is 26.6 Å². The first kappa shape index (κ1) is 15.4. The molecule has 0 amide bonds. The smallest absolute Gasteiger partial charge is 0.311 e. The van der Waals surface area contributed by atoms with E-state index in [1.165, 1.54) is 6.20 Å². The summed E-state index contributed by atoms with van der Waals surface area (Å²) in [7, 11) is 0. The van der Waals surface area contributed by atoms with Crippen molar-refractivity contribution in [3.63, 3.8) is 0 Å². The molecule has 1 N–H and O–H groups in total. The molecule has 5 nitrogen and oxygen atoms in total. The average Bonchev–Trinajstić information content (AvgIpc) is 2.88. The van der Waals surface area contributed by atoms with Gasteiger partial charge in [-0.1, -0.05) is 13.8 Å². The molecule has 0 saturated carbocycles. The second kappa shape index (κ2) is 6.21. The SMILES string of the molecule is CC(C)CNCc1ccc(-n2ccc(C(F)(F)F)n2)nn1. The second-order valence-electron chi connectivity index (χ2n) is 5.05. The monoisotopic (exact) mass is 299 g/mol. The highest BCUT2D eigenvalue weighted by molar-refractivity contribution is 5.22. The van der Waals surface area contributed by atoms with E-state index in [9.17, 15) is 13.2 Å². The molecule has 2 rings (SSSR count). The maximum absolute atomic E-state index is 12.5. The Labute approximate surface area is 120 Å². The zero-order valence-electron chi connectivity index (χ0n) is 11.7. The van der Waals surface area contributed by atoms with Crippen LogP contribution in [0.25, 0.3) is 5.82 Å². The van der Waals surface area contributed by atoms with Crippen molar-refractivity contribution in [1.82, 2.24) is 25.3 Å². The molecule has 0 fully saturated rings. The first-order valence-corrected chi connectivity index (χ1v) is 6.53. The Morgan fingerprint density at radius 3 is 2.48 bits per heavy atom. The number of halogens is 3. The number of alkyl halides is 3. The summed E-state index contributed by atoms with van der Waals surface area (Å²) in [5, 5.41) is 14.5. The van der Waals surface area contributed by atoms with Crippen LogP contribution in [0.15, 0.2) is 24.4 Å². The molecule has 0 aliphatic rings. The first-order chi connectivity index (χ1) is 9.86. The van der Waals surface area contributed by atoms with Crippen molar-refractivity contribution >= 4 is 0 Å². The maximum Gasteiger partial charge on any atom is 0.435 e. The van der Waals surface area contributed by atoms with E-state index < -0.39 is 11.9 Å². The van der Waals surface area contributed by atoms with Gasteiger partial charge in [0, 0.05) is 12.7 Å². The lowest BCUT2D eigenvalue weighted by molar-refractivity contribution is -0.141. The number of rotatable bonds is 5. The summed E-state index contributed by atoms with van der Waals surface area (Å²) in [6.45, 7) is 5.62. The molecular weight excluding hydrogens is 283 g/mol. The van der Waals surface area contributed by atoms with Crippen LogP contribution in [0, 0.1) is 5.92 Å². The highest BCUT2D eigenvalue weighted by Gasteiger charge is 2.33. The fraction of sp³-hybridized carbons (Fsp3) is 0.462. The van der Waals surface area contributed by atoms with Gasteiger partial charge in [-0.3, -0.25) is 0 Å². The van der Waals surface area contributed by atoms with Crippen LogP contribution in [-0.2, 0) is 12.7 Å². The van der Waals surface area contributed by atoms with E-state index in [-0.39, 0.29) is 5.82 Å². The molecule has 2 heterocycles. The van der Waals surface area contributed by atoms with Crippen molar-refractivity contribution in [3.8, 4) is 5.82 Å². The molecule has 0 aliphatic heterocycles. The molecule has 0 atom stereocenters. The normalized spacial score (nSPS) is 12.1. The van der Waals surface area contributed by atoms with Crippen LogP contribution in [0.3, 0.4) is 0 Å². The lowest BCUT2D eigenvalue weighted by Crippen LogP contribution is -2.20. The fourth-order valence-corrected chi connectivity index (χ4v) is 1.66. The fourth-order valence-electron chi connectivity index (χ4n) is 1.66. The number of hydrogen-bond acceptors (Lipinski definition) is 4. The van der Waals surface area contributed by atoms with Crippen molar-refractivity contribution in [2.75, 3.05) is 6.54 Å². The van der Waals surface area contributed by atoms with Gasteiger partial charge in [-0.25, -0.2) is 4.68 Å². The summed E-state index contributed by atoms with van der Waals surface area (Å²) in [5.41, 5.74) is -0.227. The van der Waals surface area contributed by atoms with Gasteiger partial charge in [0.2, 0.25) is 0 Å². The molecule has 0 radical (unpaired) electrons. The van der Waals surface area contributed by atoms with E-state index in [0.717, 1.165) is 23.0 Å². The number of hydrogen-bond donors (Lipinski definition) is 1. The first-order valence-electron chi connectivity index (χ1n) is 6.53. The minimum absolute atomic E-state index is 0.248. The Morgan fingerprint density at radius 1 is 1.19 bits per heavy atom. The quantitative estimate of drug-likeness (QED) is 0.921. The molecule has 21 heavy (non-hydrogen) atoms. The van der Waals surface area contributed by atoms with E-state index in [2.05, 4.69) is 34.5 Å². The maximum atomic E-state index is 12.5. The van der Waals surface area contributed by atoms with Crippen molar-refractivity contribution in [2.24, 2.45) is 5.92 Å². The Hall–Kier alpha value is -1.96. The predicted octanol–water partition coefficient (Wildman–Crippen LogP) is 2.43. The van der Waals surface area contributed by atoms with Gasteiger partial charge in [-0.2, -0.15) is 23.4 Å². The lowest BCUT2D eigenvalue weighted by Gasteiger charge is -2.07. The molecule has 0 bridgehead atoms. The molecule has 0 unspecified atom stereocenters. The van der Waals surface area contributed by atoms with Crippen LogP contribution in [0.2, 0.25) is 0 Å². The van der Waals surface area contributed by atoms with Gasteiger partial charge in [0.05, 0.1) is 5.69 Å². The molecular formula is C13H16F3N5. The van der Waals surface area contributed by atoms with Gasteiger partial charge in [-0.15, -0.1) is 5.10 Å². The van der Waals surface area contributed by atoms with E-state index >= 15 is 0 Å². The molecule has 114 valence electrons. The van der Waals surface area contributed by atoms with E-state index in [4.69, 9.17) is 0 Å². The van der Waals surface area contributed by atoms with Gasteiger partial charge >= 0.3 is 6.18 Å². The number of nitrogens with zero attached hydrogens (tertiary/aromatic N) is 4. The van der Waals surface area contributed by atoms with Gasteiger partial charge in [0.15, 0.2) is 11.5 Å². The van der Waals surface area contributed by atoms with Crippen molar-refractivity contribution in [3.05, 3.63) is 35.8 Å². The summed E-state index contributed by atoms with van der Waals surface area (Å²) in [4.78, 5) is 0. The summed E-state index contributed by atoms with van der Waals surface area (Å²) in [5.74, 6) is 0.778. The summed E-state index contributed by atoms with van der Waals surface area (Å²) < 4.78 is 38.5. The number of nitrogens with one attached hydrogen (secondary N) is 1. The van der Waals surface area contributed by atoms with Crippen LogP contribution in [0.4, 0.5) is 13.2 Å². The average molecular weight is 299 g/mol. The Bertz CT molecular complexity index is 574. The van der Waals surface area contributed by atoms with Gasteiger partial charge in [-0.05, 0) is 30.7 Å². The summed E-state index contributed by atoms with van der Waals surface area (Å²) in [6, 6.07) is 4.21. The summed E-state index contributed by atoms with van der Waals surface area (Å²) >= 11 is 0. The lowest BCUT2D eigenvalue weighted by atomic mass is 10.2. The zero-order valence-corrected chi connectivity index (χ0v) is 11.7. The van der Waals surface area contributed by atoms with Crippen LogP contribution in [0.1, 0.15) is 25.2 Å². The van der Waals surface area contributed by atoms with Crippen LogP contribution < -0.4 is 5.32 Å². The van der Waals surface area contributed by atoms with Crippen LogP contribution in [-0.4, -0.2) is 26.5 Å². The second-order valence-corrected chi connectivity index (χ2v) is 5.05. The minimum Gasteiger partial charge on any atom is -0.311 e. The van der Waals surface area contributed by atoms with Gasteiger partial charge < -0.3 is 5.32 Å². The third-order valence-electron chi connectivity index (χ3n) is 2.68. The largest absolute Gasteiger partial charge is 0.435 e. The van der Waals surface area contributed by atoms with Crippen LogP contribution >= 0.6 is 0 Å². The summed E-state index contributed by atoms with van der Waals surface area (Å²) in [6.07, 6.45) is -3.25. The minimum atomic E-state index is -4.46. The topological polar surface area (TPSA) is 55.6 Å². The van der Waals surface area contributed by atoms with Gasteiger partial charge in [0.1, 0.15) is 0 Å². The van der Waals surface area contributed by atoms with Gasteiger partial charge in [0.25, 0.3) is 0 Å². The molecule has 0 aliphatic carbocycles. The van der Waals surface area contributed by atoms with Crippen molar-refractivity contribution in [1.29, 1.82) is 0 Å². The Morgan fingerprint density at radius 2 is 1.95 bits per heavy atom. The molecule has 2 aromatic rings. The molecule has 0 spiro atoms. The van der Waals surface area contributed by atoms with E-state index in [0.29, 0.717) is 12.5 Å². The third-order valence-corrected chi connectivity index (χ3v) is 2.68. The molecule has 2 aromatic heterocycles. The van der Waals surface area contributed by atoms with Crippen LogP contribution in [0.5, 0.6) is 0 Å². The Kier molecular flexibility index (Phi) is 4.56. The molecule has 0 aromatic carbocycles. The number of aromatic nitrogens is 4. The zero-order chi connectivity index (χ0) is 15.5. The Balaban J connectivity index is 2.03. The van der Waals surface area contributed by atoms with Crippen molar-refractivity contribution < 1.29 is 13.2 Å². The highest BCUT2D eigenvalue weighted by Crippen LogP contribution is 2.27. The van der Waals surface area contributed by atoms with E-state index in [1.54, 1.807) is 12.1 Å².